The number of hydrogen-bond donors (Lipinski definition) is 0. The van der Waals surface area contributed by atoms with Crippen molar-refractivity contribution in [2.45, 2.75) is 39.3 Å². The van der Waals surface area contributed by atoms with Gasteiger partial charge in [0.05, 0.1) is 6.42 Å². The summed E-state index contributed by atoms with van der Waals surface area (Å²) < 4.78 is 5.23. The molecule has 0 aliphatic carbocycles. The Hall–Kier alpha value is -1.78. The van der Waals surface area contributed by atoms with Crippen LogP contribution in [0.5, 0.6) is 0 Å². The number of fused-ring (bicyclic) bond motifs is 1. The molecule has 0 atom stereocenters. The third-order valence-corrected chi connectivity index (χ3v) is 3.08. The van der Waals surface area contributed by atoms with Gasteiger partial charge < -0.3 is 9.64 Å². The zero-order valence-electron chi connectivity index (χ0n) is 12.1. The Kier molecular flexibility index (Phi) is 3.88. The summed E-state index contributed by atoms with van der Waals surface area (Å²) in [6, 6.07) is 5.31. The number of amides is 1. The normalized spacial score (nSPS) is 14.3. The van der Waals surface area contributed by atoms with Crippen molar-refractivity contribution in [1.29, 1.82) is 0 Å². The zero-order chi connectivity index (χ0) is 14.9. The van der Waals surface area contributed by atoms with Gasteiger partial charge in [-0.15, -0.1) is 0 Å². The van der Waals surface area contributed by atoms with Gasteiger partial charge in [0, 0.05) is 18.7 Å². The van der Waals surface area contributed by atoms with E-state index in [9.17, 15) is 9.59 Å². The molecule has 0 saturated carbocycles. The lowest BCUT2D eigenvalue weighted by Gasteiger charge is -2.21. The lowest BCUT2D eigenvalue weighted by atomic mass is 9.89. The van der Waals surface area contributed by atoms with E-state index in [0.29, 0.717) is 24.1 Å². The van der Waals surface area contributed by atoms with Crippen LogP contribution in [0.15, 0.2) is 18.2 Å². The third-order valence-electron chi connectivity index (χ3n) is 3.08. The minimum absolute atomic E-state index is 0.0733. The highest BCUT2D eigenvalue weighted by molar-refractivity contribution is 6.34. The highest BCUT2D eigenvalue weighted by Crippen LogP contribution is 2.21. The number of ether oxygens (including phenoxy) is 1. The number of nitrogens with zero attached hydrogens (tertiary/aromatic N) is 1. The Balaban J connectivity index is 1.96. The average Bonchev–Trinajstić information content (AvgIpc) is 2.64. The molecule has 1 amide bonds. The molecule has 4 nitrogen and oxygen atoms in total. The topological polar surface area (TPSA) is 46.6 Å². The standard InChI is InChI=1S/C15H18BNO3/c1-15(2,3)20-13(18)7-8-17-9-11-10(14(17)19)5-4-6-12(11)16/h4-6H,7-9H2,1-3H3. The van der Waals surface area contributed by atoms with E-state index in [0.717, 1.165) is 5.56 Å². The van der Waals surface area contributed by atoms with Crippen LogP contribution in [0.3, 0.4) is 0 Å². The van der Waals surface area contributed by atoms with E-state index in [2.05, 4.69) is 0 Å². The fourth-order valence-corrected chi connectivity index (χ4v) is 2.21. The Labute approximate surface area is 120 Å². The number of benzene rings is 1. The van der Waals surface area contributed by atoms with Gasteiger partial charge in [0.1, 0.15) is 13.4 Å². The quantitative estimate of drug-likeness (QED) is 0.612. The molecule has 0 saturated heterocycles. The molecule has 0 fully saturated rings. The third kappa shape index (κ3) is 3.21. The Morgan fingerprint density at radius 2 is 2.10 bits per heavy atom. The van der Waals surface area contributed by atoms with Crippen molar-refractivity contribution in [2.24, 2.45) is 0 Å². The maximum atomic E-state index is 12.2. The second-order valence-corrected chi connectivity index (χ2v) is 5.94. The van der Waals surface area contributed by atoms with Gasteiger partial charge in [-0.2, -0.15) is 0 Å². The summed E-state index contributed by atoms with van der Waals surface area (Å²) in [4.78, 5) is 25.5. The molecule has 2 rings (SSSR count). The van der Waals surface area contributed by atoms with Crippen LogP contribution in [0.4, 0.5) is 0 Å². The molecule has 1 heterocycles. The molecule has 0 unspecified atom stereocenters. The molecule has 0 aromatic heterocycles. The number of rotatable bonds is 3. The van der Waals surface area contributed by atoms with Gasteiger partial charge in [0.15, 0.2) is 0 Å². The first-order valence-electron chi connectivity index (χ1n) is 6.66. The molecule has 20 heavy (non-hydrogen) atoms. The SMILES string of the molecule is [B]c1cccc2c1CN(CCC(=O)OC(C)(C)C)C2=O. The van der Waals surface area contributed by atoms with Crippen LogP contribution in [0.1, 0.15) is 43.1 Å². The summed E-state index contributed by atoms with van der Waals surface area (Å²) in [6.45, 7) is 6.28. The van der Waals surface area contributed by atoms with E-state index in [1.165, 1.54) is 0 Å². The van der Waals surface area contributed by atoms with Crippen molar-refractivity contribution in [3.05, 3.63) is 29.3 Å². The molecule has 104 valence electrons. The van der Waals surface area contributed by atoms with Crippen LogP contribution in [0, 0.1) is 0 Å². The van der Waals surface area contributed by atoms with Gasteiger partial charge in [-0.1, -0.05) is 17.6 Å². The van der Waals surface area contributed by atoms with E-state index < -0.39 is 5.60 Å². The number of esters is 1. The maximum absolute atomic E-state index is 12.2. The van der Waals surface area contributed by atoms with Crippen LogP contribution in [0.2, 0.25) is 0 Å². The van der Waals surface area contributed by atoms with Crippen LogP contribution in [0.25, 0.3) is 0 Å². The van der Waals surface area contributed by atoms with Gasteiger partial charge in [-0.25, -0.2) is 0 Å². The molecule has 1 aliphatic rings. The van der Waals surface area contributed by atoms with Crippen molar-refractivity contribution in [3.63, 3.8) is 0 Å². The fourth-order valence-electron chi connectivity index (χ4n) is 2.21. The van der Waals surface area contributed by atoms with E-state index >= 15 is 0 Å². The predicted molar refractivity (Wildman–Crippen MR) is 77.0 cm³/mol. The van der Waals surface area contributed by atoms with Gasteiger partial charge in [-0.05, 0) is 32.4 Å². The Morgan fingerprint density at radius 1 is 1.40 bits per heavy atom. The van der Waals surface area contributed by atoms with Crippen LogP contribution < -0.4 is 5.46 Å². The molecule has 2 radical (unpaired) electrons. The van der Waals surface area contributed by atoms with Gasteiger partial charge >= 0.3 is 5.97 Å². The molecule has 1 aromatic rings. The van der Waals surface area contributed by atoms with Crippen molar-refractivity contribution in [3.8, 4) is 0 Å². The smallest absolute Gasteiger partial charge is 0.308 e. The van der Waals surface area contributed by atoms with E-state index in [4.69, 9.17) is 12.6 Å². The maximum Gasteiger partial charge on any atom is 0.308 e. The average molecular weight is 271 g/mol. The molecular formula is C15H18BNO3. The molecular weight excluding hydrogens is 253 g/mol. The lowest BCUT2D eigenvalue weighted by Crippen LogP contribution is -2.30. The molecule has 5 heteroatoms. The molecule has 0 N–H and O–H groups in total. The first-order chi connectivity index (χ1) is 9.28. The monoisotopic (exact) mass is 271 g/mol. The lowest BCUT2D eigenvalue weighted by molar-refractivity contribution is -0.155. The van der Waals surface area contributed by atoms with Crippen LogP contribution in [-0.4, -0.2) is 36.8 Å². The summed E-state index contributed by atoms with van der Waals surface area (Å²) in [7, 11) is 5.87. The van der Waals surface area contributed by atoms with Crippen molar-refractivity contribution < 1.29 is 14.3 Å². The summed E-state index contributed by atoms with van der Waals surface area (Å²) >= 11 is 0. The minimum Gasteiger partial charge on any atom is -0.460 e. The molecule has 0 bridgehead atoms. The molecule has 1 aliphatic heterocycles. The minimum atomic E-state index is -0.501. The molecule has 0 spiro atoms. The fraction of sp³-hybridized carbons (Fsp3) is 0.467. The highest BCUT2D eigenvalue weighted by atomic mass is 16.6. The first kappa shape index (κ1) is 14.6. The van der Waals surface area contributed by atoms with Gasteiger partial charge in [0.2, 0.25) is 0 Å². The van der Waals surface area contributed by atoms with Gasteiger partial charge in [-0.3, -0.25) is 9.59 Å². The predicted octanol–water partition coefficient (Wildman–Crippen LogP) is 1.17. The van der Waals surface area contributed by atoms with E-state index in [-0.39, 0.29) is 18.3 Å². The Bertz CT molecular complexity index is 549. The summed E-state index contributed by atoms with van der Waals surface area (Å²) in [5.41, 5.74) is 1.60. The van der Waals surface area contributed by atoms with Gasteiger partial charge in [0.25, 0.3) is 5.91 Å². The number of carbonyl (C=O) groups excluding carboxylic acids is 2. The van der Waals surface area contributed by atoms with Crippen LogP contribution >= 0.6 is 0 Å². The summed E-state index contributed by atoms with van der Waals surface area (Å²) in [5.74, 6) is -0.370. The van der Waals surface area contributed by atoms with E-state index in [1.807, 2.05) is 20.8 Å². The zero-order valence-corrected chi connectivity index (χ0v) is 12.1. The number of carbonyl (C=O) groups is 2. The van der Waals surface area contributed by atoms with Crippen molar-refractivity contribution >= 4 is 25.2 Å². The number of hydrogen-bond acceptors (Lipinski definition) is 3. The second-order valence-electron chi connectivity index (χ2n) is 5.94. The Morgan fingerprint density at radius 3 is 2.70 bits per heavy atom. The van der Waals surface area contributed by atoms with E-state index in [1.54, 1.807) is 23.1 Å². The largest absolute Gasteiger partial charge is 0.460 e. The van der Waals surface area contributed by atoms with Crippen molar-refractivity contribution in [2.75, 3.05) is 6.54 Å². The summed E-state index contributed by atoms with van der Waals surface area (Å²) in [5, 5.41) is 0. The highest BCUT2D eigenvalue weighted by Gasteiger charge is 2.28. The van der Waals surface area contributed by atoms with Crippen LogP contribution in [-0.2, 0) is 16.1 Å². The molecule has 1 aromatic carbocycles. The second kappa shape index (κ2) is 5.31. The summed E-state index contributed by atoms with van der Waals surface area (Å²) in [6.07, 6.45) is 0.191. The first-order valence-corrected chi connectivity index (χ1v) is 6.66. The van der Waals surface area contributed by atoms with Crippen molar-refractivity contribution in [1.82, 2.24) is 4.90 Å².